The summed E-state index contributed by atoms with van der Waals surface area (Å²) in [5.41, 5.74) is 1.94. The number of methoxy groups -OCH3 is 1. The van der Waals surface area contributed by atoms with Crippen molar-refractivity contribution in [1.29, 1.82) is 0 Å². The summed E-state index contributed by atoms with van der Waals surface area (Å²) in [6.07, 6.45) is 1.65. The molecule has 4 aromatic rings. The normalized spacial score (nSPS) is 11.8. The van der Waals surface area contributed by atoms with Gasteiger partial charge in [-0.05, 0) is 37.3 Å². The van der Waals surface area contributed by atoms with Gasteiger partial charge in [-0.2, -0.15) is 0 Å². The summed E-state index contributed by atoms with van der Waals surface area (Å²) in [7, 11) is 1.53. The summed E-state index contributed by atoms with van der Waals surface area (Å²) in [6.45, 7) is 1.83. The van der Waals surface area contributed by atoms with E-state index in [4.69, 9.17) is 4.74 Å². The minimum atomic E-state index is -0.325. The number of para-hydroxylation sites is 1. The number of carbonyl (C=O) groups excluding carboxylic acids is 2. The molecule has 0 aliphatic heterocycles. The number of hydrogen-bond donors (Lipinski definition) is 2. The number of nitrogens with zero attached hydrogens (tertiary/aromatic N) is 2. The van der Waals surface area contributed by atoms with Crippen LogP contribution in [0.4, 0.5) is 10.8 Å². The standard InChI is InChI=1S/C21H18N4O3S3/c1-12(18(26)25-20-22-9-10-29-20)30-21-24-15-8-7-13(11-17(15)31-21)23-19(27)14-5-3-4-6-16(14)28-2/h3-12H,1-2H3,(H,23,27)(H,22,25,26). The lowest BCUT2D eigenvalue weighted by molar-refractivity contribution is -0.115. The maximum Gasteiger partial charge on any atom is 0.259 e. The van der Waals surface area contributed by atoms with Crippen LogP contribution in [0.1, 0.15) is 17.3 Å². The molecule has 0 saturated carbocycles. The largest absolute Gasteiger partial charge is 0.496 e. The van der Waals surface area contributed by atoms with E-state index in [1.54, 1.807) is 24.4 Å². The average Bonchev–Trinajstić information content (AvgIpc) is 3.42. The number of ether oxygens (including phenoxy) is 1. The number of benzene rings is 2. The van der Waals surface area contributed by atoms with E-state index in [1.165, 1.54) is 41.5 Å². The first-order chi connectivity index (χ1) is 15.0. The zero-order valence-corrected chi connectivity index (χ0v) is 19.1. The fourth-order valence-electron chi connectivity index (χ4n) is 2.76. The molecule has 4 rings (SSSR count). The highest BCUT2D eigenvalue weighted by Gasteiger charge is 2.18. The molecule has 10 heteroatoms. The van der Waals surface area contributed by atoms with Crippen molar-refractivity contribution in [1.82, 2.24) is 9.97 Å². The molecule has 2 heterocycles. The summed E-state index contributed by atoms with van der Waals surface area (Å²) in [6, 6.07) is 12.6. The molecule has 7 nitrogen and oxygen atoms in total. The number of anilines is 2. The first-order valence-electron chi connectivity index (χ1n) is 9.25. The molecule has 158 valence electrons. The molecule has 0 saturated heterocycles. The second-order valence-electron chi connectivity index (χ2n) is 6.40. The molecule has 2 amide bonds. The number of thioether (sulfide) groups is 1. The summed E-state index contributed by atoms with van der Waals surface area (Å²) in [4.78, 5) is 33.6. The summed E-state index contributed by atoms with van der Waals surface area (Å²) in [5, 5.41) is 7.77. The molecule has 0 radical (unpaired) electrons. The molecule has 0 fully saturated rings. The van der Waals surface area contributed by atoms with Gasteiger partial charge in [-0.25, -0.2) is 9.97 Å². The predicted molar refractivity (Wildman–Crippen MR) is 127 cm³/mol. The SMILES string of the molecule is COc1ccccc1C(=O)Nc1ccc2nc(SC(C)C(=O)Nc3nccs3)sc2c1. The monoisotopic (exact) mass is 470 g/mol. The lowest BCUT2D eigenvalue weighted by atomic mass is 10.2. The van der Waals surface area contributed by atoms with Crippen molar-refractivity contribution in [3.63, 3.8) is 0 Å². The Kier molecular flexibility index (Phi) is 6.50. The predicted octanol–water partition coefficient (Wildman–Crippen LogP) is 5.13. The highest BCUT2D eigenvalue weighted by Crippen LogP contribution is 2.34. The molecule has 2 aromatic carbocycles. The third-order valence-corrected chi connectivity index (χ3v) is 7.19. The van der Waals surface area contributed by atoms with Crippen LogP contribution in [0.5, 0.6) is 5.75 Å². The van der Waals surface area contributed by atoms with E-state index in [2.05, 4.69) is 20.6 Å². The van der Waals surface area contributed by atoms with Crippen LogP contribution in [0.2, 0.25) is 0 Å². The van der Waals surface area contributed by atoms with E-state index in [-0.39, 0.29) is 17.1 Å². The fraction of sp³-hybridized carbons (Fsp3) is 0.143. The van der Waals surface area contributed by atoms with Gasteiger partial charge in [0.2, 0.25) is 5.91 Å². The van der Waals surface area contributed by atoms with Gasteiger partial charge in [0.15, 0.2) is 9.47 Å². The maximum absolute atomic E-state index is 12.6. The quantitative estimate of drug-likeness (QED) is 0.364. The van der Waals surface area contributed by atoms with Gasteiger partial charge in [-0.15, -0.1) is 22.7 Å². The zero-order valence-electron chi connectivity index (χ0n) is 16.6. The number of nitrogens with one attached hydrogen (secondary N) is 2. The minimum Gasteiger partial charge on any atom is -0.496 e. The van der Waals surface area contributed by atoms with Crippen LogP contribution in [-0.4, -0.2) is 34.1 Å². The van der Waals surface area contributed by atoms with Gasteiger partial charge in [-0.1, -0.05) is 23.9 Å². The maximum atomic E-state index is 12.6. The molecule has 0 bridgehead atoms. The Morgan fingerprint density at radius 3 is 2.77 bits per heavy atom. The van der Waals surface area contributed by atoms with Crippen molar-refractivity contribution >= 4 is 67.3 Å². The van der Waals surface area contributed by atoms with E-state index in [9.17, 15) is 9.59 Å². The Bertz CT molecular complexity index is 1220. The number of amides is 2. The molecule has 0 aliphatic rings. The average molecular weight is 471 g/mol. The Morgan fingerprint density at radius 1 is 1.16 bits per heavy atom. The van der Waals surface area contributed by atoms with Crippen LogP contribution in [0, 0.1) is 0 Å². The third-order valence-electron chi connectivity index (χ3n) is 4.29. The third kappa shape index (κ3) is 5.04. The zero-order chi connectivity index (χ0) is 21.8. The second kappa shape index (κ2) is 9.46. The molecular weight excluding hydrogens is 452 g/mol. The van der Waals surface area contributed by atoms with Gasteiger partial charge >= 0.3 is 0 Å². The molecular formula is C21H18N4O3S3. The molecule has 1 atom stereocenters. The number of thiazole rings is 2. The number of hydrogen-bond acceptors (Lipinski definition) is 8. The van der Waals surface area contributed by atoms with Crippen molar-refractivity contribution < 1.29 is 14.3 Å². The van der Waals surface area contributed by atoms with Crippen LogP contribution in [0.3, 0.4) is 0 Å². The second-order valence-corrected chi connectivity index (χ2v) is 9.92. The van der Waals surface area contributed by atoms with E-state index >= 15 is 0 Å². The highest BCUT2D eigenvalue weighted by molar-refractivity contribution is 8.02. The van der Waals surface area contributed by atoms with Gasteiger partial charge in [0, 0.05) is 17.3 Å². The van der Waals surface area contributed by atoms with E-state index < -0.39 is 0 Å². The van der Waals surface area contributed by atoms with Gasteiger partial charge in [0.25, 0.3) is 5.91 Å². The summed E-state index contributed by atoms with van der Waals surface area (Å²) >= 11 is 4.25. The highest BCUT2D eigenvalue weighted by atomic mass is 32.2. The number of carbonyl (C=O) groups is 2. The van der Waals surface area contributed by atoms with Crippen molar-refractivity contribution in [3.8, 4) is 5.75 Å². The number of aromatic nitrogens is 2. The molecule has 31 heavy (non-hydrogen) atoms. The van der Waals surface area contributed by atoms with Gasteiger partial charge in [0.05, 0.1) is 28.1 Å². The van der Waals surface area contributed by atoms with E-state index in [0.717, 1.165) is 14.6 Å². The van der Waals surface area contributed by atoms with Crippen molar-refractivity contribution in [2.45, 2.75) is 16.5 Å². The van der Waals surface area contributed by atoms with E-state index in [0.29, 0.717) is 22.1 Å². The summed E-state index contributed by atoms with van der Waals surface area (Å²) in [5.74, 6) is 0.148. The van der Waals surface area contributed by atoms with Crippen LogP contribution in [-0.2, 0) is 4.79 Å². The first kappa shape index (κ1) is 21.3. The topological polar surface area (TPSA) is 93.2 Å². The van der Waals surface area contributed by atoms with Gasteiger partial charge in [-0.3, -0.25) is 9.59 Å². The lowest BCUT2D eigenvalue weighted by Crippen LogP contribution is -2.22. The number of rotatable bonds is 7. The van der Waals surface area contributed by atoms with Crippen LogP contribution >= 0.6 is 34.4 Å². The van der Waals surface area contributed by atoms with E-state index in [1.807, 2.05) is 36.6 Å². The Balaban J connectivity index is 1.45. The van der Waals surface area contributed by atoms with Crippen molar-refractivity contribution in [2.24, 2.45) is 0 Å². The van der Waals surface area contributed by atoms with Crippen LogP contribution in [0.25, 0.3) is 10.2 Å². The molecule has 1 unspecified atom stereocenters. The Hall–Kier alpha value is -2.95. The van der Waals surface area contributed by atoms with Gasteiger partial charge in [0.1, 0.15) is 5.75 Å². The van der Waals surface area contributed by atoms with Crippen LogP contribution < -0.4 is 15.4 Å². The minimum absolute atomic E-state index is 0.121. The van der Waals surface area contributed by atoms with Crippen LogP contribution in [0.15, 0.2) is 58.4 Å². The molecule has 2 aromatic heterocycles. The molecule has 0 spiro atoms. The Labute approximate surface area is 190 Å². The number of fused-ring (bicyclic) bond motifs is 1. The van der Waals surface area contributed by atoms with Crippen molar-refractivity contribution in [3.05, 3.63) is 59.6 Å². The molecule has 0 aliphatic carbocycles. The summed E-state index contributed by atoms with van der Waals surface area (Å²) < 4.78 is 6.97. The lowest BCUT2D eigenvalue weighted by Gasteiger charge is -2.09. The molecule has 2 N–H and O–H groups in total. The smallest absolute Gasteiger partial charge is 0.259 e. The van der Waals surface area contributed by atoms with Crippen molar-refractivity contribution in [2.75, 3.05) is 17.7 Å². The van der Waals surface area contributed by atoms with Gasteiger partial charge < -0.3 is 15.4 Å². The first-order valence-corrected chi connectivity index (χ1v) is 11.8. The Morgan fingerprint density at radius 2 is 2.00 bits per heavy atom. The fourth-order valence-corrected chi connectivity index (χ4v) is 5.54.